The maximum absolute atomic E-state index is 5.60. The average Bonchev–Trinajstić information content (AvgIpc) is 2.57. The van der Waals surface area contributed by atoms with E-state index in [-0.39, 0.29) is 5.60 Å². The van der Waals surface area contributed by atoms with Gasteiger partial charge in [-0.1, -0.05) is 32.6 Å². The molecular formula is C15H31NO. The van der Waals surface area contributed by atoms with Gasteiger partial charge < -0.3 is 10.1 Å². The van der Waals surface area contributed by atoms with Gasteiger partial charge in [0.1, 0.15) is 0 Å². The van der Waals surface area contributed by atoms with Gasteiger partial charge in [-0.2, -0.15) is 0 Å². The molecule has 0 saturated heterocycles. The van der Waals surface area contributed by atoms with Gasteiger partial charge in [0.05, 0.1) is 5.60 Å². The maximum Gasteiger partial charge on any atom is 0.0637 e. The Hall–Kier alpha value is -0.0800. The number of hydrogen-bond donors (Lipinski definition) is 1. The number of hydrogen-bond acceptors (Lipinski definition) is 2. The molecule has 0 heterocycles. The Balaban J connectivity index is 2.56. The number of nitrogens with one attached hydrogen (secondary N) is 1. The van der Waals surface area contributed by atoms with Crippen molar-refractivity contribution in [3.8, 4) is 0 Å². The van der Waals surface area contributed by atoms with Crippen LogP contribution in [-0.4, -0.2) is 25.3 Å². The highest BCUT2D eigenvalue weighted by atomic mass is 16.5. The molecule has 0 aromatic rings. The topological polar surface area (TPSA) is 21.3 Å². The van der Waals surface area contributed by atoms with Crippen molar-refractivity contribution in [2.24, 2.45) is 5.92 Å². The van der Waals surface area contributed by atoms with Crippen molar-refractivity contribution in [3.05, 3.63) is 0 Å². The summed E-state index contributed by atoms with van der Waals surface area (Å²) in [7, 11) is 1.83. The molecule has 2 nitrogen and oxygen atoms in total. The molecule has 1 aliphatic rings. The molecule has 1 fully saturated rings. The average molecular weight is 241 g/mol. The molecule has 0 aromatic heterocycles. The Labute approximate surface area is 108 Å². The van der Waals surface area contributed by atoms with Crippen molar-refractivity contribution in [2.75, 3.05) is 13.7 Å². The normalized spacial score (nSPS) is 21.2. The first-order valence-corrected chi connectivity index (χ1v) is 7.37. The lowest BCUT2D eigenvalue weighted by Crippen LogP contribution is -2.42. The number of methoxy groups -OCH3 is 1. The van der Waals surface area contributed by atoms with Gasteiger partial charge in [-0.25, -0.2) is 0 Å². The van der Waals surface area contributed by atoms with Crippen LogP contribution in [-0.2, 0) is 4.74 Å². The predicted molar refractivity (Wildman–Crippen MR) is 74.4 cm³/mol. The van der Waals surface area contributed by atoms with E-state index in [4.69, 9.17) is 4.74 Å². The Morgan fingerprint density at radius 2 is 1.76 bits per heavy atom. The SMILES string of the molecule is CCNC(CC(C)(C)OC)C1CCCCCC1. The van der Waals surface area contributed by atoms with Crippen molar-refractivity contribution in [1.82, 2.24) is 5.32 Å². The standard InChI is InChI=1S/C15H31NO/c1-5-16-14(12-15(2,3)17-4)13-10-8-6-7-9-11-13/h13-14,16H,5-12H2,1-4H3. The third-order valence-electron chi connectivity index (χ3n) is 4.20. The molecule has 17 heavy (non-hydrogen) atoms. The summed E-state index contributed by atoms with van der Waals surface area (Å²) >= 11 is 0. The Kier molecular flexibility index (Phi) is 6.50. The molecule has 1 aliphatic carbocycles. The molecule has 1 rings (SSSR count). The first kappa shape index (κ1) is 15.0. The minimum absolute atomic E-state index is 0.000852. The van der Waals surface area contributed by atoms with Crippen molar-refractivity contribution >= 4 is 0 Å². The van der Waals surface area contributed by atoms with Crippen LogP contribution < -0.4 is 5.32 Å². The van der Waals surface area contributed by atoms with E-state index in [1.54, 1.807) is 0 Å². The number of ether oxygens (including phenoxy) is 1. The fourth-order valence-electron chi connectivity index (χ4n) is 2.99. The molecule has 0 aliphatic heterocycles. The summed E-state index contributed by atoms with van der Waals surface area (Å²) in [5, 5.41) is 3.69. The lowest BCUT2D eigenvalue weighted by atomic mass is 9.85. The Morgan fingerprint density at radius 1 is 1.18 bits per heavy atom. The lowest BCUT2D eigenvalue weighted by molar-refractivity contribution is 0.000787. The summed E-state index contributed by atoms with van der Waals surface area (Å²) in [5.41, 5.74) is -0.000852. The fourth-order valence-corrected chi connectivity index (χ4v) is 2.99. The summed E-state index contributed by atoms with van der Waals surface area (Å²) in [6, 6.07) is 0.632. The zero-order valence-electron chi connectivity index (χ0n) is 12.2. The summed E-state index contributed by atoms with van der Waals surface area (Å²) in [4.78, 5) is 0. The lowest BCUT2D eigenvalue weighted by Gasteiger charge is -2.34. The van der Waals surface area contributed by atoms with Gasteiger partial charge in [0.25, 0.3) is 0 Å². The smallest absolute Gasteiger partial charge is 0.0637 e. The highest BCUT2D eigenvalue weighted by molar-refractivity contribution is 4.84. The molecule has 1 atom stereocenters. The second kappa shape index (κ2) is 7.38. The second-order valence-electron chi connectivity index (χ2n) is 6.08. The van der Waals surface area contributed by atoms with Gasteiger partial charge >= 0.3 is 0 Å². The molecule has 1 N–H and O–H groups in total. The minimum Gasteiger partial charge on any atom is -0.379 e. The number of rotatable bonds is 6. The minimum atomic E-state index is -0.000852. The van der Waals surface area contributed by atoms with E-state index in [2.05, 4.69) is 26.1 Å². The molecule has 0 spiro atoms. The Bertz CT molecular complexity index is 195. The maximum atomic E-state index is 5.60. The van der Waals surface area contributed by atoms with Crippen LogP contribution in [0.1, 0.15) is 65.7 Å². The van der Waals surface area contributed by atoms with Gasteiger partial charge in [0, 0.05) is 13.2 Å². The van der Waals surface area contributed by atoms with Crippen LogP contribution in [0.15, 0.2) is 0 Å². The van der Waals surface area contributed by atoms with Gasteiger partial charge in [-0.15, -0.1) is 0 Å². The largest absolute Gasteiger partial charge is 0.379 e. The zero-order valence-corrected chi connectivity index (χ0v) is 12.2. The van der Waals surface area contributed by atoms with Gasteiger partial charge in [0.15, 0.2) is 0 Å². The van der Waals surface area contributed by atoms with Crippen molar-refractivity contribution in [3.63, 3.8) is 0 Å². The molecule has 0 aromatic carbocycles. The van der Waals surface area contributed by atoms with E-state index in [1.807, 2.05) is 7.11 Å². The predicted octanol–water partition coefficient (Wildman–Crippen LogP) is 3.75. The van der Waals surface area contributed by atoms with E-state index in [0.717, 1.165) is 18.9 Å². The summed E-state index contributed by atoms with van der Waals surface area (Å²) < 4.78 is 5.60. The quantitative estimate of drug-likeness (QED) is 0.715. The molecule has 0 amide bonds. The highest BCUT2D eigenvalue weighted by Gasteiger charge is 2.28. The van der Waals surface area contributed by atoms with E-state index in [0.29, 0.717) is 6.04 Å². The van der Waals surface area contributed by atoms with Crippen LogP contribution in [0.4, 0.5) is 0 Å². The van der Waals surface area contributed by atoms with Gasteiger partial charge in [-0.05, 0) is 45.6 Å². The third-order valence-corrected chi connectivity index (χ3v) is 4.20. The summed E-state index contributed by atoms with van der Waals surface area (Å²) in [6.45, 7) is 7.69. The van der Waals surface area contributed by atoms with Gasteiger partial charge in [-0.3, -0.25) is 0 Å². The van der Waals surface area contributed by atoms with E-state index in [9.17, 15) is 0 Å². The van der Waals surface area contributed by atoms with Crippen LogP contribution in [0.5, 0.6) is 0 Å². The highest BCUT2D eigenvalue weighted by Crippen LogP contribution is 2.30. The van der Waals surface area contributed by atoms with Crippen molar-refractivity contribution < 1.29 is 4.74 Å². The van der Waals surface area contributed by atoms with E-state index >= 15 is 0 Å². The first-order chi connectivity index (χ1) is 8.09. The van der Waals surface area contributed by atoms with Gasteiger partial charge in [0.2, 0.25) is 0 Å². The van der Waals surface area contributed by atoms with Crippen LogP contribution in [0, 0.1) is 5.92 Å². The second-order valence-corrected chi connectivity index (χ2v) is 6.08. The molecular weight excluding hydrogens is 210 g/mol. The van der Waals surface area contributed by atoms with Crippen LogP contribution in [0.25, 0.3) is 0 Å². The molecule has 0 bridgehead atoms. The van der Waals surface area contributed by atoms with E-state index < -0.39 is 0 Å². The monoisotopic (exact) mass is 241 g/mol. The van der Waals surface area contributed by atoms with Crippen molar-refractivity contribution in [2.45, 2.75) is 77.4 Å². The molecule has 1 saturated carbocycles. The van der Waals surface area contributed by atoms with Crippen LogP contribution in [0.2, 0.25) is 0 Å². The van der Waals surface area contributed by atoms with E-state index in [1.165, 1.54) is 38.5 Å². The van der Waals surface area contributed by atoms with Crippen LogP contribution in [0.3, 0.4) is 0 Å². The fraction of sp³-hybridized carbons (Fsp3) is 1.00. The molecule has 1 unspecified atom stereocenters. The molecule has 102 valence electrons. The summed E-state index contributed by atoms with van der Waals surface area (Å²) in [5.74, 6) is 0.854. The molecule has 0 radical (unpaired) electrons. The van der Waals surface area contributed by atoms with Crippen LogP contribution >= 0.6 is 0 Å². The zero-order chi connectivity index (χ0) is 12.7. The summed E-state index contributed by atoms with van der Waals surface area (Å²) in [6.07, 6.45) is 9.63. The van der Waals surface area contributed by atoms with Crippen molar-refractivity contribution in [1.29, 1.82) is 0 Å². The third kappa shape index (κ3) is 5.39. The Morgan fingerprint density at radius 3 is 2.24 bits per heavy atom. The first-order valence-electron chi connectivity index (χ1n) is 7.37. The molecule has 2 heteroatoms.